The van der Waals surface area contributed by atoms with Crippen LogP contribution in [0.3, 0.4) is 0 Å². The number of hydrogen-bond donors (Lipinski definition) is 2. The van der Waals surface area contributed by atoms with Crippen LogP contribution in [0.1, 0.15) is 18.4 Å². The lowest BCUT2D eigenvalue weighted by atomic mass is 10.2. The minimum Gasteiger partial charge on any atom is -0.381 e. The Balaban J connectivity index is 0.00000320. The lowest BCUT2D eigenvalue weighted by molar-refractivity contribution is 0.135. The summed E-state index contributed by atoms with van der Waals surface area (Å²) in [6.07, 6.45) is 4.70. The predicted octanol–water partition coefficient (Wildman–Crippen LogP) is 3.75. The Morgan fingerprint density at radius 2 is 2.07 bits per heavy atom. The van der Waals surface area contributed by atoms with E-state index in [0.29, 0.717) is 11.1 Å². The van der Waals surface area contributed by atoms with Crippen molar-refractivity contribution in [3.63, 3.8) is 0 Å². The van der Waals surface area contributed by atoms with Crippen LogP contribution in [0.5, 0.6) is 0 Å². The average molecular weight is 544 g/mol. The van der Waals surface area contributed by atoms with E-state index in [9.17, 15) is 0 Å². The van der Waals surface area contributed by atoms with Crippen molar-refractivity contribution >= 4 is 47.4 Å². The topological polar surface area (TPSA) is 61.8 Å². The summed E-state index contributed by atoms with van der Waals surface area (Å²) in [5.74, 6) is 1.68. The van der Waals surface area contributed by atoms with Gasteiger partial charge in [-0.25, -0.2) is 4.98 Å². The largest absolute Gasteiger partial charge is 0.381 e. The summed E-state index contributed by atoms with van der Waals surface area (Å²) in [6.45, 7) is 4.12. The van der Waals surface area contributed by atoms with E-state index in [1.54, 1.807) is 13.2 Å². The van der Waals surface area contributed by atoms with Crippen LogP contribution in [-0.2, 0) is 11.2 Å². The minimum atomic E-state index is 0. The molecule has 0 radical (unpaired) electrons. The number of pyridine rings is 1. The van der Waals surface area contributed by atoms with E-state index < -0.39 is 0 Å². The molecule has 1 aromatic carbocycles. The van der Waals surface area contributed by atoms with E-state index in [2.05, 4.69) is 49.8 Å². The van der Waals surface area contributed by atoms with Gasteiger partial charge < -0.3 is 20.3 Å². The molecule has 1 unspecified atom stereocenters. The van der Waals surface area contributed by atoms with Gasteiger partial charge in [0.15, 0.2) is 5.96 Å². The Kier molecular flexibility index (Phi) is 11.2. The van der Waals surface area contributed by atoms with E-state index in [0.717, 1.165) is 63.9 Å². The van der Waals surface area contributed by atoms with Crippen molar-refractivity contribution in [3.8, 4) is 0 Å². The van der Waals surface area contributed by atoms with Crippen LogP contribution in [-0.4, -0.2) is 56.9 Å². The van der Waals surface area contributed by atoms with Gasteiger partial charge in [0.25, 0.3) is 0 Å². The normalized spacial score (nSPS) is 16.3. The molecule has 164 valence electrons. The first-order valence-corrected chi connectivity index (χ1v) is 10.6. The number of aromatic nitrogens is 1. The van der Waals surface area contributed by atoms with Crippen LogP contribution in [0.25, 0.3) is 0 Å². The fourth-order valence-electron chi connectivity index (χ4n) is 3.39. The second kappa shape index (κ2) is 13.7. The molecule has 2 N–H and O–H groups in total. The van der Waals surface area contributed by atoms with Gasteiger partial charge in [0, 0.05) is 45.5 Å². The maximum absolute atomic E-state index is 6.27. The number of benzene rings is 1. The van der Waals surface area contributed by atoms with Gasteiger partial charge in [-0.1, -0.05) is 41.9 Å². The van der Waals surface area contributed by atoms with E-state index in [1.807, 2.05) is 18.2 Å². The molecule has 6 nitrogen and oxygen atoms in total. The fraction of sp³-hybridized carbons (Fsp3) is 0.455. The number of guanidine groups is 1. The number of ether oxygens (including phenoxy) is 1. The maximum atomic E-state index is 6.27. The molecule has 1 aromatic heterocycles. The second-order valence-corrected chi connectivity index (χ2v) is 7.49. The van der Waals surface area contributed by atoms with Gasteiger partial charge in [-0.3, -0.25) is 4.99 Å². The molecular weight excluding hydrogens is 513 g/mol. The number of nitrogens with zero attached hydrogens (tertiary/aromatic N) is 3. The first-order chi connectivity index (χ1) is 14.3. The van der Waals surface area contributed by atoms with Crippen molar-refractivity contribution in [2.24, 2.45) is 4.99 Å². The van der Waals surface area contributed by atoms with Crippen molar-refractivity contribution in [2.45, 2.75) is 25.3 Å². The quantitative estimate of drug-likeness (QED) is 0.218. The molecule has 3 rings (SSSR count). The van der Waals surface area contributed by atoms with E-state index in [4.69, 9.17) is 16.3 Å². The van der Waals surface area contributed by atoms with Crippen molar-refractivity contribution in [2.75, 3.05) is 44.8 Å². The van der Waals surface area contributed by atoms with E-state index >= 15 is 0 Å². The lowest BCUT2D eigenvalue weighted by Gasteiger charge is -2.20. The molecule has 1 aliphatic heterocycles. The average Bonchev–Trinajstić information content (AvgIpc) is 3.21. The summed E-state index contributed by atoms with van der Waals surface area (Å²) in [4.78, 5) is 11.0. The Morgan fingerprint density at radius 1 is 1.23 bits per heavy atom. The molecule has 1 saturated heterocycles. The number of anilines is 1. The van der Waals surface area contributed by atoms with Crippen LogP contribution in [0, 0.1) is 0 Å². The summed E-state index contributed by atoms with van der Waals surface area (Å²) < 4.78 is 5.73. The highest BCUT2D eigenvalue weighted by Gasteiger charge is 2.25. The molecule has 0 saturated carbocycles. The molecule has 2 heterocycles. The molecule has 0 amide bonds. The smallest absolute Gasteiger partial charge is 0.191 e. The molecule has 0 aliphatic carbocycles. The highest BCUT2D eigenvalue weighted by molar-refractivity contribution is 14.0. The molecule has 0 spiro atoms. The molecular formula is C22H31ClIN5O. The monoisotopic (exact) mass is 543 g/mol. The number of rotatable bonds is 9. The molecule has 1 fully saturated rings. The van der Waals surface area contributed by atoms with Crippen LogP contribution >= 0.6 is 35.6 Å². The molecule has 8 heteroatoms. The molecule has 2 aromatic rings. The van der Waals surface area contributed by atoms with Crippen molar-refractivity contribution in [1.82, 2.24) is 15.6 Å². The summed E-state index contributed by atoms with van der Waals surface area (Å²) >= 11 is 6.27. The van der Waals surface area contributed by atoms with Crippen molar-refractivity contribution in [1.29, 1.82) is 0 Å². The first-order valence-electron chi connectivity index (χ1n) is 10.2. The standard InChI is InChI=1S/C22H30ClN5O.HI/c1-24-22(26-13-6-15-29-16-11-18-7-3-2-4-8-18)27-19-10-14-28(17-19)21-20(23)9-5-12-25-21;/h2-5,7-9,12,19H,6,10-11,13-17H2,1H3,(H2,24,26,27);1H. The summed E-state index contributed by atoms with van der Waals surface area (Å²) in [6, 6.07) is 14.5. The van der Waals surface area contributed by atoms with Crippen LogP contribution in [0.2, 0.25) is 5.02 Å². The van der Waals surface area contributed by atoms with Crippen molar-refractivity contribution < 1.29 is 4.74 Å². The number of halogens is 2. The Morgan fingerprint density at radius 3 is 2.83 bits per heavy atom. The highest BCUT2D eigenvalue weighted by atomic mass is 127. The molecule has 0 bridgehead atoms. The highest BCUT2D eigenvalue weighted by Crippen LogP contribution is 2.25. The zero-order valence-corrected chi connectivity index (χ0v) is 20.5. The van der Waals surface area contributed by atoms with Crippen LogP contribution < -0.4 is 15.5 Å². The summed E-state index contributed by atoms with van der Waals surface area (Å²) in [5.41, 5.74) is 1.31. The number of aliphatic imine (C=N–C) groups is 1. The van der Waals surface area contributed by atoms with Gasteiger partial charge in [-0.15, -0.1) is 24.0 Å². The Bertz CT molecular complexity index is 777. The Hall–Kier alpha value is -1.58. The fourth-order valence-corrected chi connectivity index (χ4v) is 3.63. The zero-order valence-electron chi connectivity index (χ0n) is 17.4. The zero-order chi connectivity index (χ0) is 20.3. The van der Waals surface area contributed by atoms with Gasteiger partial charge in [0.2, 0.25) is 0 Å². The minimum absolute atomic E-state index is 0. The Labute approximate surface area is 201 Å². The van der Waals surface area contributed by atoms with Crippen LogP contribution in [0.15, 0.2) is 53.7 Å². The van der Waals surface area contributed by atoms with Gasteiger partial charge in [-0.05, 0) is 37.0 Å². The summed E-state index contributed by atoms with van der Waals surface area (Å²) in [5, 5.41) is 7.56. The van der Waals surface area contributed by atoms with E-state index in [1.165, 1.54) is 5.56 Å². The predicted molar refractivity (Wildman–Crippen MR) is 135 cm³/mol. The summed E-state index contributed by atoms with van der Waals surface area (Å²) in [7, 11) is 1.80. The SMILES string of the molecule is CN=C(NCCCOCCc1ccccc1)NC1CCN(c2ncccc2Cl)C1.I. The first kappa shape index (κ1) is 24.7. The third kappa shape index (κ3) is 7.92. The van der Waals surface area contributed by atoms with Crippen LogP contribution in [0.4, 0.5) is 5.82 Å². The van der Waals surface area contributed by atoms with Crippen molar-refractivity contribution in [3.05, 3.63) is 59.2 Å². The number of nitrogens with one attached hydrogen (secondary N) is 2. The molecule has 1 aliphatic rings. The van der Waals surface area contributed by atoms with Gasteiger partial charge in [0.1, 0.15) is 5.82 Å². The second-order valence-electron chi connectivity index (χ2n) is 7.09. The van der Waals surface area contributed by atoms with Gasteiger partial charge in [-0.2, -0.15) is 0 Å². The lowest BCUT2D eigenvalue weighted by Crippen LogP contribution is -2.45. The van der Waals surface area contributed by atoms with Gasteiger partial charge in [0.05, 0.1) is 11.6 Å². The maximum Gasteiger partial charge on any atom is 0.191 e. The molecule has 1 atom stereocenters. The molecule has 30 heavy (non-hydrogen) atoms. The van der Waals surface area contributed by atoms with Gasteiger partial charge >= 0.3 is 0 Å². The number of hydrogen-bond acceptors (Lipinski definition) is 4. The third-order valence-electron chi connectivity index (χ3n) is 4.93. The van der Waals surface area contributed by atoms with E-state index in [-0.39, 0.29) is 24.0 Å². The third-order valence-corrected chi connectivity index (χ3v) is 5.22.